The smallest absolute Gasteiger partial charge is 0.336 e. The van der Waals surface area contributed by atoms with Crippen molar-refractivity contribution in [3.05, 3.63) is 11.6 Å². The summed E-state index contributed by atoms with van der Waals surface area (Å²) in [6, 6.07) is 0. The average molecular weight is 170 g/mol. The summed E-state index contributed by atoms with van der Waals surface area (Å²) in [5.41, 5.74) is 0.680. The van der Waals surface area contributed by atoms with Crippen LogP contribution in [0.5, 0.6) is 0 Å². The Morgan fingerprint density at radius 3 is 2.92 bits per heavy atom. The van der Waals surface area contributed by atoms with E-state index in [1.165, 1.54) is 0 Å². The summed E-state index contributed by atoms with van der Waals surface area (Å²) in [6.07, 6.45) is 3.59. The zero-order chi connectivity index (χ0) is 8.97. The lowest BCUT2D eigenvalue weighted by Crippen LogP contribution is -2.18. The SMILES string of the molecule is CCCC(OC)C1=CCOC1=O. The number of ether oxygens (including phenoxy) is 2. The molecule has 0 amide bonds. The topological polar surface area (TPSA) is 35.5 Å². The molecule has 0 aromatic rings. The predicted octanol–water partition coefficient (Wildman–Crippen LogP) is 1.28. The number of rotatable bonds is 4. The van der Waals surface area contributed by atoms with E-state index >= 15 is 0 Å². The van der Waals surface area contributed by atoms with Crippen LogP contribution in [0.2, 0.25) is 0 Å². The molecule has 0 radical (unpaired) electrons. The van der Waals surface area contributed by atoms with Crippen molar-refractivity contribution in [2.45, 2.75) is 25.9 Å². The predicted molar refractivity (Wildman–Crippen MR) is 44.7 cm³/mol. The minimum atomic E-state index is -0.227. The van der Waals surface area contributed by atoms with E-state index in [1.54, 1.807) is 13.2 Å². The number of carbonyl (C=O) groups is 1. The van der Waals surface area contributed by atoms with Crippen LogP contribution in [0.3, 0.4) is 0 Å². The Hall–Kier alpha value is -0.830. The number of cyclic esters (lactones) is 1. The van der Waals surface area contributed by atoms with Gasteiger partial charge in [0, 0.05) is 7.11 Å². The number of esters is 1. The zero-order valence-electron chi connectivity index (χ0n) is 7.50. The van der Waals surface area contributed by atoms with Crippen LogP contribution in [0.4, 0.5) is 0 Å². The minimum Gasteiger partial charge on any atom is -0.458 e. The fourth-order valence-corrected chi connectivity index (χ4v) is 1.30. The molecule has 0 spiro atoms. The first-order valence-electron chi connectivity index (χ1n) is 4.19. The maximum Gasteiger partial charge on any atom is 0.336 e. The average Bonchev–Trinajstić information content (AvgIpc) is 2.47. The fraction of sp³-hybridized carbons (Fsp3) is 0.667. The highest BCUT2D eigenvalue weighted by molar-refractivity contribution is 5.91. The molecule has 12 heavy (non-hydrogen) atoms. The molecule has 1 unspecified atom stereocenters. The van der Waals surface area contributed by atoms with Crippen LogP contribution in [-0.2, 0) is 14.3 Å². The summed E-state index contributed by atoms with van der Waals surface area (Å²) >= 11 is 0. The normalized spacial score (nSPS) is 18.8. The van der Waals surface area contributed by atoms with Crippen molar-refractivity contribution in [1.29, 1.82) is 0 Å². The molecule has 0 saturated heterocycles. The van der Waals surface area contributed by atoms with Crippen LogP contribution in [-0.4, -0.2) is 25.8 Å². The molecule has 0 saturated carbocycles. The highest BCUT2D eigenvalue weighted by atomic mass is 16.5. The molecule has 1 atom stereocenters. The Labute approximate surface area is 72.4 Å². The van der Waals surface area contributed by atoms with Crippen molar-refractivity contribution < 1.29 is 14.3 Å². The molecule has 0 aromatic heterocycles. The van der Waals surface area contributed by atoms with E-state index < -0.39 is 0 Å². The van der Waals surface area contributed by atoms with Gasteiger partial charge in [0.2, 0.25) is 0 Å². The molecule has 0 N–H and O–H groups in total. The standard InChI is InChI=1S/C9H14O3/c1-3-4-8(11-2)7-5-6-12-9(7)10/h5,8H,3-4,6H2,1-2H3. The lowest BCUT2D eigenvalue weighted by atomic mass is 10.1. The molecule has 1 rings (SSSR count). The fourth-order valence-electron chi connectivity index (χ4n) is 1.30. The van der Waals surface area contributed by atoms with E-state index in [2.05, 4.69) is 6.92 Å². The second-order valence-electron chi connectivity index (χ2n) is 2.77. The number of methoxy groups -OCH3 is 1. The van der Waals surface area contributed by atoms with Gasteiger partial charge in [-0.15, -0.1) is 0 Å². The van der Waals surface area contributed by atoms with Gasteiger partial charge in [-0.2, -0.15) is 0 Å². The van der Waals surface area contributed by atoms with E-state index in [1.807, 2.05) is 0 Å². The third-order valence-corrected chi connectivity index (χ3v) is 1.94. The number of hydrogen-bond acceptors (Lipinski definition) is 3. The third kappa shape index (κ3) is 1.85. The third-order valence-electron chi connectivity index (χ3n) is 1.94. The van der Waals surface area contributed by atoms with Crippen molar-refractivity contribution in [2.75, 3.05) is 13.7 Å². The van der Waals surface area contributed by atoms with Crippen LogP contribution in [0, 0.1) is 0 Å². The Bertz CT molecular complexity index is 196. The molecular formula is C9H14O3. The lowest BCUT2D eigenvalue weighted by Gasteiger charge is -2.12. The van der Waals surface area contributed by atoms with E-state index in [4.69, 9.17) is 9.47 Å². The summed E-state index contributed by atoms with van der Waals surface area (Å²) in [5, 5.41) is 0. The van der Waals surface area contributed by atoms with Gasteiger partial charge in [0.15, 0.2) is 0 Å². The molecule has 0 fully saturated rings. The first kappa shape index (κ1) is 9.26. The van der Waals surface area contributed by atoms with Gasteiger partial charge >= 0.3 is 5.97 Å². The Balaban J connectivity index is 2.58. The van der Waals surface area contributed by atoms with Gasteiger partial charge in [-0.1, -0.05) is 13.3 Å². The summed E-state index contributed by atoms with van der Waals surface area (Å²) in [5.74, 6) is -0.227. The molecule has 1 heterocycles. The summed E-state index contributed by atoms with van der Waals surface area (Å²) in [7, 11) is 1.62. The van der Waals surface area contributed by atoms with Gasteiger partial charge in [0.1, 0.15) is 6.61 Å². The Morgan fingerprint density at radius 2 is 2.50 bits per heavy atom. The van der Waals surface area contributed by atoms with Crippen molar-refractivity contribution in [1.82, 2.24) is 0 Å². The second-order valence-corrected chi connectivity index (χ2v) is 2.77. The summed E-state index contributed by atoms with van der Waals surface area (Å²) in [4.78, 5) is 11.1. The maximum atomic E-state index is 11.1. The maximum absolute atomic E-state index is 11.1. The van der Waals surface area contributed by atoms with E-state index in [9.17, 15) is 4.79 Å². The van der Waals surface area contributed by atoms with Crippen molar-refractivity contribution in [2.24, 2.45) is 0 Å². The Kier molecular flexibility index (Phi) is 3.29. The molecule has 1 aliphatic rings. The van der Waals surface area contributed by atoms with Crippen LogP contribution in [0.25, 0.3) is 0 Å². The van der Waals surface area contributed by atoms with Crippen LogP contribution < -0.4 is 0 Å². The minimum absolute atomic E-state index is 0.0787. The second kappa shape index (κ2) is 4.26. The highest BCUT2D eigenvalue weighted by Crippen LogP contribution is 2.17. The first-order valence-corrected chi connectivity index (χ1v) is 4.19. The monoisotopic (exact) mass is 170 g/mol. The summed E-state index contributed by atoms with van der Waals surface area (Å²) < 4.78 is 9.96. The summed E-state index contributed by atoms with van der Waals surface area (Å²) in [6.45, 7) is 2.46. The molecule has 68 valence electrons. The molecular weight excluding hydrogens is 156 g/mol. The van der Waals surface area contributed by atoms with Crippen LogP contribution >= 0.6 is 0 Å². The van der Waals surface area contributed by atoms with Crippen molar-refractivity contribution >= 4 is 5.97 Å². The molecule has 3 heteroatoms. The van der Waals surface area contributed by atoms with E-state index in [-0.39, 0.29) is 12.1 Å². The van der Waals surface area contributed by atoms with E-state index in [0.717, 1.165) is 12.8 Å². The molecule has 0 aromatic carbocycles. The van der Waals surface area contributed by atoms with Crippen molar-refractivity contribution in [3.63, 3.8) is 0 Å². The highest BCUT2D eigenvalue weighted by Gasteiger charge is 2.24. The van der Waals surface area contributed by atoms with Crippen LogP contribution in [0.1, 0.15) is 19.8 Å². The van der Waals surface area contributed by atoms with Crippen molar-refractivity contribution in [3.8, 4) is 0 Å². The lowest BCUT2D eigenvalue weighted by molar-refractivity contribution is -0.137. The van der Waals surface area contributed by atoms with Gasteiger partial charge in [0.25, 0.3) is 0 Å². The molecule has 1 aliphatic heterocycles. The van der Waals surface area contributed by atoms with Crippen LogP contribution in [0.15, 0.2) is 11.6 Å². The van der Waals surface area contributed by atoms with Gasteiger partial charge in [-0.05, 0) is 12.5 Å². The largest absolute Gasteiger partial charge is 0.458 e. The number of hydrogen-bond donors (Lipinski definition) is 0. The molecule has 3 nitrogen and oxygen atoms in total. The zero-order valence-corrected chi connectivity index (χ0v) is 7.50. The quantitative estimate of drug-likeness (QED) is 0.596. The number of carbonyl (C=O) groups excluding carboxylic acids is 1. The first-order chi connectivity index (χ1) is 5.79. The van der Waals surface area contributed by atoms with E-state index in [0.29, 0.717) is 12.2 Å². The molecule has 0 aliphatic carbocycles. The van der Waals surface area contributed by atoms with Gasteiger partial charge in [-0.3, -0.25) is 0 Å². The van der Waals surface area contributed by atoms with Gasteiger partial charge in [0.05, 0.1) is 11.7 Å². The van der Waals surface area contributed by atoms with Gasteiger partial charge < -0.3 is 9.47 Å². The molecule has 0 bridgehead atoms. The Morgan fingerprint density at radius 1 is 1.75 bits per heavy atom. The van der Waals surface area contributed by atoms with Gasteiger partial charge in [-0.25, -0.2) is 4.79 Å².